The van der Waals surface area contributed by atoms with Crippen molar-refractivity contribution in [1.82, 2.24) is 0 Å². The van der Waals surface area contributed by atoms with Crippen LogP contribution < -0.4 is 0 Å². The summed E-state index contributed by atoms with van der Waals surface area (Å²) in [4.78, 5) is 0. The minimum Gasteiger partial charge on any atom is -0.412 e. The molecule has 0 aliphatic rings. The van der Waals surface area contributed by atoms with Crippen LogP contribution in [0, 0.1) is 0 Å². The molecule has 0 radical (unpaired) electrons. The van der Waals surface area contributed by atoms with Crippen LogP contribution in [-0.2, 0) is 0 Å². The molecule has 0 bridgehead atoms. The lowest BCUT2D eigenvalue weighted by Gasteiger charge is -1.78. The molecule has 2 heteroatoms. The first kappa shape index (κ1) is 8.95. The molecule has 0 spiro atoms. The minimum atomic E-state index is 0. The molecular formula is C3H12OSi. The van der Waals surface area contributed by atoms with Crippen LogP contribution in [0.25, 0.3) is 0 Å². The van der Waals surface area contributed by atoms with Crippen molar-refractivity contribution in [1.29, 1.82) is 0 Å². The first-order chi connectivity index (χ1) is 1.73. The number of rotatable bonds is 0. The molecule has 0 saturated heterocycles. The highest BCUT2D eigenvalue weighted by molar-refractivity contribution is 6.10. The van der Waals surface area contributed by atoms with Gasteiger partial charge in [0.2, 0.25) is 0 Å². The van der Waals surface area contributed by atoms with Crippen molar-refractivity contribution in [3.8, 4) is 0 Å². The highest BCUT2D eigenvalue weighted by Gasteiger charge is 1.68. The van der Waals surface area contributed by atoms with Gasteiger partial charge in [-0.05, 0) is 0 Å². The lowest BCUT2D eigenvalue weighted by atomic mass is 10.6. The van der Waals surface area contributed by atoms with Crippen LogP contribution >= 0.6 is 0 Å². The molecule has 34 valence electrons. The molecule has 2 N–H and O–H groups in total. The average Bonchev–Trinajstić information content (AvgIpc) is 0.811. The van der Waals surface area contributed by atoms with Gasteiger partial charge in [-0.25, -0.2) is 0 Å². The number of hydrogen-bond donors (Lipinski definition) is 0. The molecule has 0 rings (SSSR count). The second kappa shape index (κ2) is 4.18. The summed E-state index contributed by atoms with van der Waals surface area (Å²) in [6, 6.07) is 0. The Kier molecular flexibility index (Phi) is 7.48. The largest absolute Gasteiger partial charge is 0.412 e. The summed E-state index contributed by atoms with van der Waals surface area (Å²) in [5, 5.41) is 0. The van der Waals surface area contributed by atoms with E-state index in [2.05, 4.69) is 13.8 Å². The van der Waals surface area contributed by atoms with E-state index in [0.29, 0.717) is 0 Å². The van der Waals surface area contributed by atoms with E-state index in [1.54, 1.807) is 0 Å². The molecule has 0 aromatic rings. The Hall–Kier alpha value is 0.177. The normalized spacial score (nSPS) is 7.80. The van der Waals surface area contributed by atoms with Crippen LogP contribution in [0.1, 0.15) is 13.8 Å². The molecule has 0 aliphatic carbocycles. The van der Waals surface area contributed by atoms with Crippen LogP contribution in [-0.4, -0.2) is 15.7 Å². The van der Waals surface area contributed by atoms with Crippen molar-refractivity contribution in [2.45, 2.75) is 19.4 Å². The van der Waals surface area contributed by atoms with Crippen LogP contribution in [0.4, 0.5) is 0 Å². The van der Waals surface area contributed by atoms with Gasteiger partial charge in [-0.3, -0.25) is 0 Å². The minimum absolute atomic E-state index is 0. The highest BCUT2D eigenvalue weighted by Crippen LogP contribution is 1.84. The van der Waals surface area contributed by atoms with E-state index < -0.39 is 0 Å². The van der Waals surface area contributed by atoms with Crippen LogP contribution in [0.2, 0.25) is 5.54 Å². The SMILES string of the molecule is CC(C)[SiH3].O. The maximum absolute atomic E-state index is 2.23. The molecule has 0 heterocycles. The maximum Gasteiger partial charge on any atom is 0.00602 e. The molecule has 5 heavy (non-hydrogen) atoms. The summed E-state index contributed by atoms with van der Waals surface area (Å²) in [6.45, 7) is 4.46. The van der Waals surface area contributed by atoms with Gasteiger partial charge >= 0.3 is 0 Å². The summed E-state index contributed by atoms with van der Waals surface area (Å²) < 4.78 is 0. The fourth-order valence-electron chi connectivity index (χ4n) is 0. The molecule has 0 saturated carbocycles. The van der Waals surface area contributed by atoms with Gasteiger partial charge in [-0.15, -0.1) is 0 Å². The Labute approximate surface area is 36.1 Å². The Morgan fingerprint density at radius 3 is 1.40 bits per heavy atom. The number of hydrogen-bond acceptors (Lipinski definition) is 0. The highest BCUT2D eigenvalue weighted by atomic mass is 28.1. The van der Waals surface area contributed by atoms with Gasteiger partial charge in [0.25, 0.3) is 0 Å². The van der Waals surface area contributed by atoms with E-state index in [1.807, 2.05) is 0 Å². The molecule has 0 amide bonds. The van der Waals surface area contributed by atoms with Gasteiger partial charge in [0.15, 0.2) is 0 Å². The van der Waals surface area contributed by atoms with Gasteiger partial charge in [0.1, 0.15) is 0 Å². The second-order valence-corrected chi connectivity index (χ2v) is 4.04. The summed E-state index contributed by atoms with van der Waals surface area (Å²) in [5.41, 5.74) is 0.972. The standard InChI is InChI=1S/C3H10Si.H2O/c1-3(2)4;/h3H,1-2,4H3;1H2. The Balaban J connectivity index is 0. The van der Waals surface area contributed by atoms with Crippen molar-refractivity contribution >= 4 is 10.2 Å². The summed E-state index contributed by atoms with van der Waals surface area (Å²) in [5.74, 6) is 0. The van der Waals surface area contributed by atoms with Crippen LogP contribution in [0.5, 0.6) is 0 Å². The van der Waals surface area contributed by atoms with Gasteiger partial charge in [0.05, 0.1) is 0 Å². The van der Waals surface area contributed by atoms with Gasteiger partial charge in [0, 0.05) is 10.2 Å². The van der Waals surface area contributed by atoms with E-state index in [-0.39, 0.29) is 5.48 Å². The average molecular weight is 92.2 g/mol. The third kappa shape index (κ3) is 633. The Bertz CT molecular complexity index is 11.6. The maximum atomic E-state index is 2.23. The van der Waals surface area contributed by atoms with Gasteiger partial charge < -0.3 is 5.48 Å². The first-order valence-electron chi connectivity index (χ1n) is 1.73. The lowest BCUT2D eigenvalue weighted by molar-refractivity contribution is 0.824. The Morgan fingerprint density at radius 2 is 1.40 bits per heavy atom. The van der Waals surface area contributed by atoms with Crippen molar-refractivity contribution in [3.63, 3.8) is 0 Å². The topological polar surface area (TPSA) is 31.5 Å². The molecule has 0 aromatic carbocycles. The molecule has 0 atom stereocenters. The molecule has 0 aliphatic heterocycles. The van der Waals surface area contributed by atoms with Gasteiger partial charge in [-0.2, -0.15) is 0 Å². The summed E-state index contributed by atoms with van der Waals surface area (Å²) in [7, 11) is 1.35. The fraction of sp³-hybridized carbons (Fsp3) is 1.00. The van der Waals surface area contributed by atoms with E-state index in [0.717, 1.165) is 5.54 Å². The zero-order chi connectivity index (χ0) is 3.58. The zero-order valence-electron chi connectivity index (χ0n) is 4.08. The van der Waals surface area contributed by atoms with Crippen molar-refractivity contribution < 1.29 is 5.48 Å². The lowest BCUT2D eigenvalue weighted by Crippen LogP contribution is -1.67. The summed E-state index contributed by atoms with van der Waals surface area (Å²) in [6.07, 6.45) is 0. The van der Waals surface area contributed by atoms with Crippen molar-refractivity contribution in [3.05, 3.63) is 0 Å². The van der Waals surface area contributed by atoms with E-state index in [9.17, 15) is 0 Å². The third-order valence-corrected chi connectivity index (χ3v) is 0. The van der Waals surface area contributed by atoms with Crippen LogP contribution in [0.15, 0.2) is 0 Å². The molecule has 1 nitrogen and oxygen atoms in total. The van der Waals surface area contributed by atoms with Crippen molar-refractivity contribution in [2.24, 2.45) is 0 Å². The first-order valence-corrected chi connectivity index (χ1v) is 2.89. The zero-order valence-corrected chi connectivity index (χ0v) is 6.08. The summed E-state index contributed by atoms with van der Waals surface area (Å²) >= 11 is 0. The van der Waals surface area contributed by atoms with Gasteiger partial charge in [-0.1, -0.05) is 19.4 Å². The van der Waals surface area contributed by atoms with Crippen LogP contribution in [0.3, 0.4) is 0 Å². The molecule has 0 unspecified atom stereocenters. The third-order valence-electron chi connectivity index (χ3n) is 0. The molecule has 0 aromatic heterocycles. The second-order valence-electron chi connectivity index (χ2n) is 1.73. The predicted molar refractivity (Wildman–Crippen MR) is 28.7 cm³/mol. The quantitative estimate of drug-likeness (QED) is 0.356. The van der Waals surface area contributed by atoms with E-state index in [1.165, 1.54) is 10.2 Å². The van der Waals surface area contributed by atoms with E-state index in [4.69, 9.17) is 0 Å². The monoisotopic (exact) mass is 92.1 g/mol. The smallest absolute Gasteiger partial charge is 0.00602 e. The van der Waals surface area contributed by atoms with Crippen molar-refractivity contribution in [2.75, 3.05) is 0 Å². The fourth-order valence-corrected chi connectivity index (χ4v) is 0. The molecular weight excluding hydrogens is 80.1 g/mol. The Morgan fingerprint density at radius 1 is 1.40 bits per heavy atom. The predicted octanol–water partition coefficient (Wildman–Crippen LogP) is -0.645. The molecule has 0 fully saturated rings. The van der Waals surface area contributed by atoms with E-state index >= 15 is 0 Å².